The lowest BCUT2D eigenvalue weighted by atomic mass is 9.93. The van der Waals surface area contributed by atoms with Gasteiger partial charge in [-0.05, 0) is 25.0 Å². The first-order valence-electron chi connectivity index (χ1n) is 10.6. The number of piperidine rings is 1. The first-order valence-corrected chi connectivity index (χ1v) is 11.4. The third kappa shape index (κ3) is 5.73. The molecule has 1 aromatic carbocycles. The van der Waals surface area contributed by atoms with Crippen LogP contribution in [0.1, 0.15) is 49.9 Å². The third-order valence-electron chi connectivity index (χ3n) is 5.30. The Labute approximate surface area is 184 Å². The van der Waals surface area contributed by atoms with Crippen molar-refractivity contribution in [3.63, 3.8) is 0 Å². The number of hydrogen-bond acceptors (Lipinski definition) is 5. The summed E-state index contributed by atoms with van der Waals surface area (Å²) in [6.07, 6.45) is 3.06. The maximum absolute atomic E-state index is 9.41. The summed E-state index contributed by atoms with van der Waals surface area (Å²) in [6, 6.07) is 10.4. The minimum Gasteiger partial charge on any atom is -0.368 e. The van der Waals surface area contributed by atoms with Crippen LogP contribution in [0.2, 0.25) is 0 Å². The summed E-state index contributed by atoms with van der Waals surface area (Å²) < 4.78 is 0. The number of nitrogens with one attached hydrogen (secondary N) is 2. The summed E-state index contributed by atoms with van der Waals surface area (Å²) in [6.45, 7) is 9.21. The highest BCUT2D eigenvalue weighted by molar-refractivity contribution is 7.09. The van der Waals surface area contributed by atoms with E-state index in [0.717, 1.165) is 66.8 Å². The van der Waals surface area contributed by atoms with E-state index in [1.807, 2.05) is 31.3 Å². The van der Waals surface area contributed by atoms with Gasteiger partial charge in [0.25, 0.3) is 0 Å². The Morgan fingerprint density at radius 2 is 2.17 bits per heavy atom. The molecule has 7 heteroatoms. The average molecular weight is 425 g/mol. The van der Waals surface area contributed by atoms with Crippen LogP contribution in [0.4, 0.5) is 5.69 Å². The van der Waals surface area contributed by atoms with Crippen molar-refractivity contribution in [2.75, 3.05) is 31.6 Å². The van der Waals surface area contributed by atoms with Gasteiger partial charge >= 0.3 is 0 Å². The Kier molecular flexibility index (Phi) is 7.33. The molecule has 0 amide bonds. The highest BCUT2D eigenvalue weighted by Crippen LogP contribution is 2.24. The van der Waals surface area contributed by atoms with Crippen LogP contribution in [-0.4, -0.2) is 43.7 Å². The van der Waals surface area contributed by atoms with E-state index < -0.39 is 0 Å². The van der Waals surface area contributed by atoms with E-state index in [-0.39, 0.29) is 5.41 Å². The molecule has 0 aliphatic carbocycles. The topological polar surface area (TPSA) is 76.3 Å². The van der Waals surface area contributed by atoms with Gasteiger partial charge in [0.1, 0.15) is 6.07 Å². The Morgan fingerprint density at radius 3 is 2.87 bits per heavy atom. The number of guanidine groups is 1. The average Bonchev–Trinajstić information content (AvgIpc) is 3.23. The zero-order valence-electron chi connectivity index (χ0n) is 18.4. The van der Waals surface area contributed by atoms with Crippen LogP contribution in [0.25, 0.3) is 0 Å². The van der Waals surface area contributed by atoms with Gasteiger partial charge in [-0.25, -0.2) is 4.98 Å². The van der Waals surface area contributed by atoms with E-state index in [1.54, 1.807) is 11.3 Å². The summed E-state index contributed by atoms with van der Waals surface area (Å²) in [5, 5.41) is 19.7. The fourth-order valence-corrected chi connectivity index (χ4v) is 4.63. The molecule has 0 bridgehead atoms. The molecule has 1 atom stereocenters. The molecular weight excluding hydrogens is 392 g/mol. The molecule has 160 valence electrons. The maximum atomic E-state index is 9.41. The molecule has 1 aromatic heterocycles. The lowest BCUT2D eigenvalue weighted by Gasteiger charge is -2.35. The number of thiazole rings is 1. The number of nitrogens with zero attached hydrogens (tertiary/aromatic N) is 4. The van der Waals surface area contributed by atoms with Gasteiger partial charge in [0.15, 0.2) is 5.96 Å². The minimum absolute atomic E-state index is 0.0940. The van der Waals surface area contributed by atoms with Crippen molar-refractivity contribution in [1.82, 2.24) is 15.6 Å². The van der Waals surface area contributed by atoms with Crippen molar-refractivity contribution >= 4 is 23.0 Å². The third-order valence-corrected chi connectivity index (χ3v) is 6.21. The first kappa shape index (κ1) is 22.1. The van der Waals surface area contributed by atoms with E-state index in [0.29, 0.717) is 6.04 Å². The van der Waals surface area contributed by atoms with Crippen LogP contribution in [0.15, 0.2) is 34.6 Å². The van der Waals surface area contributed by atoms with Crippen molar-refractivity contribution in [2.24, 2.45) is 4.99 Å². The lowest BCUT2D eigenvalue weighted by Crippen LogP contribution is -2.51. The van der Waals surface area contributed by atoms with Crippen molar-refractivity contribution in [3.05, 3.63) is 45.9 Å². The predicted molar refractivity (Wildman–Crippen MR) is 125 cm³/mol. The molecule has 1 saturated heterocycles. The van der Waals surface area contributed by atoms with Gasteiger partial charge in [-0.15, -0.1) is 11.3 Å². The summed E-state index contributed by atoms with van der Waals surface area (Å²) >= 11 is 1.73. The van der Waals surface area contributed by atoms with Crippen LogP contribution in [0.3, 0.4) is 0 Å². The molecule has 2 heterocycles. The van der Waals surface area contributed by atoms with Crippen molar-refractivity contribution in [1.29, 1.82) is 5.26 Å². The monoisotopic (exact) mass is 424 g/mol. The highest BCUT2D eigenvalue weighted by Gasteiger charge is 2.22. The Hall–Kier alpha value is -2.59. The minimum atomic E-state index is 0.0940. The molecule has 0 saturated carbocycles. The van der Waals surface area contributed by atoms with Crippen LogP contribution in [0.5, 0.6) is 0 Å². The SMILES string of the molecule is CN=C(NCCc1nc(C(C)(C)C)cs1)NC1CCCN(c2ccccc2C#N)C1. The number of rotatable bonds is 5. The fraction of sp³-hybridized carbons (Fsp3) is 0.522. The Balaban J connectivity index is 1.52. The maximum Gasteiger partial charge on any atom is 0.191 e. The number of nitriles is 1. The van der Waals surface area contributed by atoms with Gasteiger partial charge < -0.3 is 15.5 Å². The van der Waals surface area contributed by atoms with E-state index in [2.05, 4.69) is 52.7 Å². The van der Waals surface area contributed by atoms with Gasteiger partial charge in [0, 0.05) is 49.9 Å². The lowest BCUT2D eigenvalue weighted by molar-refractivity contribution is 0.468. The van der Waals surface area contributed by atoms with Gasteiger partial charge in [0.05, 0.1) is 22.0 Å². The summed E-state index contributed by atoms with van der Waals surface area (Å²) in [5.74, 6) is 0.822. The molecule has 6 nitrogen and oxygen atoms in total. The van der Waals surface area contributed by atoms with Gasteiger partial charge in [-0.2, -0.15) is 5.26 Å². The molecule has 2 aromatic rings. The number of anilines is 1. The molecular formula is C23H32N6S. The van der Waals surface area contributed by atoms with Crippen LogP contribution in [0, 0.1) is 11.3 Å². The van der Waals surface area contributed by atoms with Gasteiger partial charge in [0.2, 0.25) is 0 Å². The molecule has 0 radical (unpaired) electrons. The largest absolute Gasteiger partial charge is 0.368 e. The number of benzene rings is 1. The summed E-state index contributed by atoms with van der Waals surface area (Å²) in [7, 11) is 1.81. The van der Waals surface area contributed by atoms with Crippen LogP contribution in [-0.2, 0) is 11.8 Å². The van der Waals surface area contributed by atoms with Gasteiger partial charge in [-0.3, -0.25) is 4.99 Å². The van der Waals surface area contributed by atoms with Gasteiger partial charge in [-0.1, -0.05) is 32.9 Å². The molecule has 1 fully saturated rings. The van der Waals surface area contributed by atoms with Crippen molar-refractivity contribution in [2.45, 2.75) is 51.5 Å². The second-order valence-corrected chi connectivity index (χ2v) is 9.63. The number of aromatic nitrogens is 1. The first-order chi connectivity index (χ1) is 14.4. The number of aliphatic imine (C=N–C) groups is 1. The fourth-order valence-electron chi connectivity index (χ4n) is 3.60. The molecule has 1 aliphatic rings. The molecule has 2 N–H and O–H groups in total. The quantitative estimate of drug-likeness (QED) is 0.565. The second-order valence-electron chi connectivity index (χ2n) is 8.68. The zero-order valence-corrected chi connectivity index (χ0v) is 19.2. The van der Waals surface area contributed by atoms with E-state index in [1.165, 1.54) is 0 Å². The predicted octanol–water partition coefficient (Wildman–Crippen LogP) is 3.69. The standard InChI is InChI=1S/C23H32N6S/c1-23(2,3)20-16-30-21(28-20)11-12-26-22(25-4)27-18-9-7-13-29(15-18)19-10-6-5-8-17(19)14-24/h5-6,8,10,16,18H,7,9,11-13,15H2,1-4H3,(H2,25,26,27). The van der Waals surface area contributed by atoms with Crippen LogP contribution < -0.4 is 15.5 Å². The van der Waals surface area contributed by atoms with E-state index in [4.69, 9.17) is 4.98 Å². The molecule has 30 heavy (non-hydrogen) atoms. The van der Waals surface area contributed by atoms with Crippen LogP contribution >= 0.6 is 11.3 Å². The summed E-state index contributed by atoms with van der Waals surface area (Å²) in [5.41, 5.74) is 3.01. The van der Waals surface area contributed by atoms with E-state index >= 15 is 0 Å². The number of hydrogen-bond donors (Lipinski definition) is 2. The summed E-state index contributed by atoms with van der Waals surface area (Å²) in [4.78, 5) is 11.5. The number of para-hydroxylation sites is 1. The normalized spacial score (nSPS) is 17.5. The Morgan fingerprint density at radius 1 is 1.37 bits per heavy atom. The highest BCUT2D eigenvalue weighted by atomic mass is 32.1. The zero-order chi connectivity index (χ0) is 21.6. The van der Waals surface area contributed by atoms with Crippen molar-refractivity contribution < 1.29 is 0 Å². The smallest absolute Gasteiger partial charge is 0.191 e. The molecule has 3 rings (SSSR count). The van der Waals surface area contributed by atoms with E-state index in [9.17, 15) is 5.26 Å². The molecule has 1 aliphatic heterocycles. The molecule has 1 unspecified atom stereocenters. The Bertz CT molecular complexity index is 905. The second kappa shape index (κ2) is 9.94. The van der Waals surface area contributed by atoms with Crippen molar-refractivity contribution in [3.8, 4) is 6.07 Å². The molecule has 0 spiro atoms.